The van der Waals surface area contributed by atoms with Gasteiger partial charge in [-0.15, -0.1) is 0 Å². The fourth-order valence-corrected chi connectivity index (χ4v) is 3.03. The van der Waals surface area contributed by atoms with E-state index in [0.717, 1.165) is 6.42 Å². The van der Waals surface area contributed by atoms with Crippen LogP contribution in [-0.4, -0.2) is 0 Å². The van der Waals surface area contributed by atoms with Gasteiger partial charge in [0.15, 0.2) is 5.69 Å². The summed E-state index contributed by atoms with van der Waals surface area (Å²) in [7, 11) is 2.18. The molecule has 0 saturated heterocycles. The minimum atomic E-state index is 0.225. The van der Waals surface area contributed by atoms with E-state index in [4.69, 9.17) is 0 Å². The first-order chi connectivity index (χ1) is 9.77. The largest absolute Gasteiger partial charge is 0.212 e. The quantitative estimate of drug-likeness (QED) is 0.713. The third-order valence-electron chi connectivity index (χ3n) is 4.93. The Hall–Kier alpha value is -1.63. The van der Waals surface area contributed by atoms with E-state index < -0.39 is 0 Å². The van der Waals surface area contributed by atoms with Crippen molar-refractivity contribution in [2.45, 2.75) is 53.4 Å². The summed E-state index contributed by atoms with van der Waals surface area (Å²) in [5, 5.41) is 0. The molecule has 0 spiro atoms. The molecule has 1 aromatic heterocycles. The SMILES string of the molecule is CCC(C)(C)c1ccc(-c2ccc(C)cc2C)[n+](C)c1C. The van der Waals surface area contributed by atoms with Crippen molar-refractivity contribution in [2.75, 3.05) is 0 Å². The average Bonchev–Trinajstić information content (AvgIpc) is 2.42. The van der Waals surface area contributed by atoms with Crippen LogP contribution >= 0.6 is 0 Å². The van der Waals surface area contributed by atoms with Crippen molar-refractivity contribution in [2.24, 2.45) is 7.05 Å². The van der Waals surface area contributed by atoms with Crippen molar-refractivity contribution in [3.8, 4) is 11.3 Å². The second kappa shape index (κ2) is 5.63. The zero-order chi connectivity index (χ0) is 15.8. The Morgan fingerprint density at radius 2 is 1.67 bits per heavy atom. The van der Waals surface area contributed by atoms with Gasteiger partial charge in [-0.05, 0) is 43.4 Å². The van der Waals surface area contributed by atoms with Gasteiger partial charge in [0.2, 0.25) is 5.69 Å². The molecule has 112 valence electrons. The highest BCUT2D eigenvalue weighted by molar-refractivity contribution is 5.62. The van der Waals surface area contributed by atoms with Crippen LogP contribution in [0, 0.1) is 20.8 Å². The molecule has 0 aliphatic heterocycles. The van der Waals surface area contributed by atoms with E-state index in [1.54, 1.807) is 0 Å². The Labute approximate surface area is 129 Å². The lowest BCUT2D eigenvalue weighted by Crippen LogP contribution is -2.38. The number of hydrogen-bond donors (Lipinski definition) is 0. The fourth-order valence-electron chi connectivity index (χ4n) is 3.03. The lowest BCUT2D eigenvalue weighted by Gasteiger charge is -2.24. The number of hydrogen-bond acceptors (Lipinski definition) is 0. The number of nitrogens with zero attached hydrogens (tertiary/aromatic N) is 1. The zero-order valence-electron chi connectivity index (χ0n) is 14.5. The van der Waals surface area contributed by atoms with E-state index >= 15 is 0 Å². The molecule has 1 heterocycles. The van der Waals surface area contributed by atoms with Gasteiger partial charge >= 0.3 is 0 Å². The summed E-state index contributed by atoms with van der Waals surface area (Å²) < 4.78 is 2.34. The Bertz CT molecular complexity index is 666. The minimum Gasteiger partial charge on any atom is -0.198 e. The van der Waals surface area contributed by atoms with Crippen LogP contribution in [0.5, 0.6) is 0 Å². The molecular formula is C20H28N+. The van der Waals surface area contributed by atoms with Crippen molar-refractivity contribution in [1.82, 2.24) is 0 Å². The van der Waals surface area contributed by atoms with Crippen LogP contribution in [0.3, 0.4) is 0 Å². The van der Waals surface area contributed by atoms with Gasteiger partial charge in [0.1, 0.15) is 7.05 Å². The van der Waals surface area contributed by atoms with Crippen molar-refractivity contribution in [3.63, 3.8) is 0 Å². The lowest BCUT2D eigenvalue weighted by atomic mass is 9.81. The first-order valence-electron chi connectivity index (χ1n) is 7.85. The van der Waals surface area contributed by atoms with Gasteiger partial charge in [-0.1, -0.05) is 38.5 Å². The Morgan fingerprint density at radius 3 is 2.24 bits per heavy atom. The Balaban J connectivity index is 2.61. The van der Waals surface area contributed by atoms with Gasteiger partial charge in [-0.25, -0.2) is 0 Å². The summed E-state index contributed by atoms with van der Waals surface area (Å²) in [5.41, 5.74) is 8.31. The minimum absolute atomic E-state index is 0.225. The molecule has 0 unspecified atom stereocenters. The van der Waals surface area contributed by atoms with E-state index in [2.05, 4.69) is 83.5 Å². The molecule has 0 atom stereocenters. The van der Waals surface area contributed by atoms with Gasteiger partial charge in [-0.3, -0.25) is 0 Å². The number of rotatable bonds is 3. The van der Waals surface area contributed by atoms with Gasteiger partial charge in [0.05, 0.1) is 0 Å². The van der Waals surface area contributed by atoms with E-state index in [1.807, 2.05) is 0 Å². The van der Waals surface area contributed by atoms with E-state index in [1.165, 1.54) is 33.6 Å². The third-order valence-corrected chi connectivity index (χ3v) is 4.93. The first kappa shape index (κ1) is 15.8. The second-order valence-electron chi connectivity index (χ2n) is 6.83. The van der Waals surface area contributed by atoms with Gasteiger partial charge in [0, 0.05) is 24.1 Å². The van der Waals surface area contributed by atoms with Crippen LogP contribution in [0.25, 0.3) is 11.3 Å². The molecule has 0 aliphatic rings. The number of benzene rings is 1. The molecule has 2 rings (SSSR count). The highest BCUT2D eigenvalue weighted by Gasteiger charge is 2.26. The third kappa shape index (κ3) is 2.88. The van der Waals surface area contributed by atoms with Crippen molar-refractivity contribution in [1.29, 1.82) is 0 Å². The van der Waals surface area contributed by atoms with Crippen LogP contribution in [0.1, 0.15) is 49.6 Å². The predicted octanol–water partition coefficient (Wildman–Crippen LogP) is 4.79. The molecule has 1 heteroatoms. The maximum Gasteiger partial charge on any atom is 0.212 e. The molecular weight excluding hydrogens is 254 g/mol. The summed E-state index contributed by atoms with van der Waals surface area (Å²) >= 11 is 0. The van der Waals surface area contributed by atoms with Gasteiger partial charge in [-0.2, -0.15) is 4.57 Å². The summed E-state index contributed by atoms with van der Waals surface area (Å²) in [6.45, 7) is 13.5. The standard InChI is InChI=1S/C20H28N/c1-8-20(5,6)18-11-12-19(21(7)16(18)4)17-10-9-14(2)13-15(17)3/h9-13H,8H2,1-7H3/q+1. The topological polar surface area (TPSA) is 3.88 Å². The van der Waals surface area contributed by atoms with Crippen molar-refractivity contribution >= 4 is 0 Å². The summed E-state index contributed by atoms with van der Waals surface area (Å²) in [6.07, 6.45) is 1.15. The molecule has 0 amide bonds. The molecule has 0 N–H and O–H groups in total. The van der Waals surface area contributed by atoms with Crippen LogP contribution in [0.2, 0.25) is 0 Å². The van der Waals surface area contributed by atoms with Crippen molar-refractivity contribution in [3.05, 3.63) is 52.7 Å². The normalized spacial score (nSPS) is 11.8. The van der Waals surface area contributed by atoms with Gasteiger partial charge in [0.25, 0.3) is 0 Å². The average molecular weight is 282 g/mol. The van der Waals surface area contributed by atoms with Crippen LogP contribution in [0.15, 0.2) is 30.3 Å². The molecule has 21 heavy (non-hydrogen) atoms. The summed E-state index contributed by atoms with van der Waals surface area (Å²) in [5.74, 6) is 0. The summed E-state index contributed by atoms with van der Waals surface area (Å²) in [4.78, 5) is 0. The molecule has 0 fully saturated rings. The Kier molecular flexibility index (Phi) is 4.22. The van der Waals surface area contributed by atoms with Crippen LogP contribution in [-0.2, 0) is 12.5 Å². The second-order valence-corrected chi connectivity index (χ2v) is 6.83. The maximum atomic E-state index is 2.34. The molecule has 2 aromatic rings. The zero-order valence-corrected chi connectivity index (χ0v) is 14.5. The van der Waals surface area contributed by atoms with E-state index in [9.17, 15) is 0 Å². The Morgan fingerprint density at radius 1 is 1.00 bits per heavy atom. The fraction of sp³-hybridized carbons (Fsp3) is 0.450. The predicted molar refractivity (Wildman–Crippen MR) is 90.6 cm³/mol. The van der Waals surface area contributed by atoms with Crippen molar-refractivity contribution < 1.29 is 4.57 Å². The highest BCUT2D eigenvalue weighted by Crippen LogP contribution is 2.30. The molecule has 0 radical (unpaired) electrons. The van der Waals surface area contributed by atoms with Crippen LogP contribution in [0.4, 0.5) is 0 Å². The van der Waals surface area contributed by atoms with Gasteiger partial charge < -0.3 is 0 Å². The first-order valence-corrected chi connectivity index (χ1v) is 7.85. The molecule has 0 bridgehead atoms. The number of pyridine rings is 1. The number of aryl methyl sites for hydroxylation is 2. The highest BCUT2D eigenvalue weighted by atomic mass is 14.9. The summed E-state index contributed by atoms with van der Waals surface area (Å²) in [6, 6.07) is 11.3. The van der Waals surface area contributed by atoms with Crippen LogP contribution < -0.4 is 4.57 Å². The smallest absolute Gasteiger partial charge is 0.198 e. The van der Waals surface area contributed by atoms with E-state index in [-0.39, 0.29) is 5.41 Å². The number of aromatic nitrogens is 1. The molecule has 0 aliphatic carbocycles. The lowest BCUT2D eigenvalue weighted by molar-refractivity contribution is -0.667. The molecule has 1 nitrogen and oxygen atoms in total. The molecule has 0 saturated carbocycles. The monoisotopic (exact) mass is 282 g/mol. The maximum absolute atomic E-state index is 2.34. The molecule has 1 aromatic carbocycles. The van der Waals surface area contributed by atoms with E-state index in [0.29, 0.717) is 0 Å².